The number of nitrogens with zero attached hydrogens (tertiary/aromatic N) is 3. The van der Waals surface area contributed by atoms with Gasteiger partial charge in [0.05, 0.1) is 22.9 Å². The van der Waals surface area contributed by atoms with Crippen LogP contribution in [-0.2, 0) is 0 Å². The van der Waals surface area contributed by atoms with E-state index in [1.54, 1.807) is 12.3 Å². The SMILES string of the molecule is Nc1nc2ccccc2n2c(-c3cccc(F)c3)cnc12. The van der Waals surface area contributed by atoms with Gasteiger partial charge >= 0.3 is 0 Å². The van der Waals surface area contributed by atoms with Crippen molar-refractivity contribution in [2.75, 3.05) is 5.73 Å². The minimum Gasteiger partial charge on any atom is -0.381 e. The summed E-state index contributed by atoms with van der Waals surface area (Å²) in [5.41, 5.74) is 9.75. The maximum Gasteiger partial charge on any atom is 0.180 e. The van der Waals surface area contributed by atoms with Crippen LogP contribution in [-0.4, -0.2) is 14.4 Å². The molecule has 5 heteroatoms. The van der Waals surface area contributed by atoms with E-state index >= 15 is 0 Å². The second-order valence-electron chi connectivity index (χ2n) is 4.80. The maximum absolute atomic E-state index is 13.5. The number of fused-ring (bicyclic) bond motifs is 3. The number of rotatable bonds is 1. The predicted molar refractivity (Wildman–Crippen MR) is 80.3 cm³/mol. The molecular weight excluding hydrogens is 267 g/mol. The Kier molecular flexibility index (Phi) is 2.41. The molecule has 0 radical (unpaired) electrons. The molecule has 4 nitrogen and oxygen atoms in total. The number of benzene rings is 2. The smallest absolute Gasteiger partial charge is 0.180 e. The van der Waals surface area contributed by atoms with Gasteiger partial charge in [-0.05, 0) is 24.3 Å². The molecule has 0 spiro atoms. The number of nitrogen functional groups attached to an aromatic ring is 1. The van der Waals surface area contributed by atoms with Gasteiger partial charge in [0.25, 0.3) is 0 Å². The summed E-state index contributed by atoms with van der Waals surface area (Å²) in [6, 6.07) is 14.1. The van der Waals surface area contributed by atoms with E-state index in [1.807, 2.05) is 34.7 Å². The average Bonchev–Trinajstić information content (AvgIpc) is 2.93. The van der Waals surface area contributed by atoms with Crippen molar-refractivity contribution in [3.05, 3.63) is 60.5 Å². The number of para-hydroxylation sites is 2. The molecule has 0 atom stereocenters. The predicted octanol–water partition coefficient (Wildman–Crippen LogP) is 3.27. The Bertz CT molecular complexity index is 975. The fourth-order valence-corrected chi connectivity index (χ4v) is 2.56. The van der Waals surface area contributed by atoms with Gasteiger partial charge in [-0.25, -0.2) is 14.4 Å². The van der Waals surface area contributed by atoms with Gasteiger partial charge < -0.3 is 5.73 Å². The lowest BCUT2D eigenvalue weighted by molar-refractivity contribution is 0.628. The molecule has 0 aliphatic rings. The number of hydrogen-bond acceptors (Lipinski definition) is 3. The lowest BCUT2D eigenvalue weighted by Crippen LogP contribution is -1.99. The van der Waals surface area contributed by atoms with Gasteiger partial charge in [0, 0.05) is 5.56 Å². The van der Waals surface area contributed by atoms with Crippen molar-refractivity contribution in [3.8, 4) is 11.3 Å². The van der Waals surface area contributed by atoms with Crippen LogP contribution < -0.4 is 5.73 Å². The molecule has 0 aliphatic carbocycles. The first kappa shape index (κ1) is 11.8. The van der Waals surface area contributed by atoms with Gasteiger partial charge in [0.1, 0.15) is 5.82 Å². The highest BCUT2D eigenvalue weighted by Crippen LogP contribution is 2.27. The van der Waals surface area contributed by atoms with Gasteiger partial charge in [-0.1, -0.05) is 24.3 Å². The van der Waals surface area contributed by atoms with Crippen LogP contribution in [0.3, 0.4) is 0 Å². The topological polar surface area (TPSA) is 56.2 Å². The quantitative estimate of drug-likeness (QED) is 0.581. The average molecular weight is 278 g/mol. The van der Waals surface area contributed by atoms with Crippen molar-refractivity contribution in [3.63, 3.8) is 0 Å². The third-order valence-corrected chi connectivity index (χ3v) is 3.47. The molecule has 2 N–H and O–H groups in total. The molecule has 2 heterocycles. The normalized spacial score (nSPS) is 11.3. The van der Waals surface area contributed by atoms with Crippen LogP contribution in [0, 0.1) is 5.82 Å². The van der Waals surface area contributed by atoms with Crippen LogP contribution in [0.5, 0.6) is 0 Å². The van der Waals surface area contributed by atoms with Crippen LogP contribution in [0.4, 0.5) is 10.2 Å². The lowest BCUT2D eigenvalue weighted by Gasteiger charge is -2.07. The molecule has 0 amide bonds. The zero-order valence-corrected chi connectivity index (χ0v) is 11.0. The zero-order chi connectivity index (χ0) is 14.4. The number of aromatic nitrogens is 3. The Balaban J connectivity index is 2.16. The van der Waals surface area contributed by atoms with E-state index in [4.69, 9.17) is 5.73 Å². The molecule has 0 saturated heterocycles. The molecule has 0 bridgehead atoms. The number of hydrogen-bond donors (Lipinski definition) is 1. The van der Waals surface area contributed by atoms with Crippen LogP contribution in [0.1, 0.15) is 0 Å². The first-order valence-corrected chi connectivity index (χ1v) is 6.51. The summed E-state index contributed by atoms with van der Waals surface area (Å²) in [6.45, 7) is 0. The van der Waals surface area contributed by atoms with Crippen LogP contribution in [0.15, 0.2) is 54.7 Å². The Hall–Kier alpha value is -2.95. The number of halogens is 1. The fourth-order valence-electron chi connectivity index (χ4n) is 2.56. The summed E-state index contributed by atoms with van der Waals surface area (Å²) in [5.74, 6) is 0.0742. The van der Waals surface area contributed by atoms with E-state index < -0.39 is 0 Å². The van der Waals surface area contributed by atoms with Crippen molar-refractivity contribution < 1.29 is 4.39 Å². The molecule has 0 unspecified atom stereocenters. The van der Waals surface area contributed by atoms with E-state index in [0.29, 0.717) is 11.5 Å². The second kappa shape index (κ2) is 4.28. The number of imidazole rings is 1. The lowest BCUT2D eigenvalue weighted by atomic mass is 10.1. The largest absolute Gasteiger partial charge is 0.381 e. The Morgan fingerprint density at radius 2 is 1.90 bits per heavy atom. The van der Waals surface area contributed by atoms with Gasteiger partial charge in [0.15, 0.2) is 11.5 Å². The summed E-state index contributed by atoms with van der Waals surface area (Å²) < 4.78 is 15.4. The molecule has 0 aliphatic heterocycles. The summed E-state index contributed by atoms with van der Waals surface area (Å²) in [4.78, 5) is 8.68. The van der Waals surface area contributed by atoms with Gasteiger partial charge in [-0.3, -0.25) is 4.40 Å². The van der Waals surface area contributed by atoms with E-state index in [9.17, 15) is 4.39 Å². The van der Waals surface area contributed by atoms with Crippen molar-refractivity contribution >= 4 is 22.5 Å². The highest BCUT2D eigenvalue weighted by atomic mass is 19.1. The summed E-state index contributed by atoms with van der Waals surface area (Å²) >= 11 is 0. The molecule has 4 rings (SSSR count). The van der Waals surface area contributed by atoms with Gasteiger partial charge in [-0.15, -0.1) is 0 Å². The van der Waals surface area contributed by atoms with E-state index in [-0.39, 0.29) is 5.82 Å². The van der Waals surface area contributed by atoms with Crippen molar-refractivity contribution in [1.82, 2.24) is 14.4 Å². The standard InChI is InChI=1S/C16H11FN4/c17-11-5-3-4-10(8-11)14-9-19-16-15(18)20-12-6-1-2-7-13(12)21(14)16/h1-9H,(H2,18,20). The number of nitrogens with two attached hydrogens (primary N) is 1. The molecule has 4 aromatic rings. The summed E-state index contributed by atoms with van der Waals surface area (Å²) in [7, 11) is 0. The third kappa shape index (κ3) is 1.74. The minimum absolute atomic E-state index is 0.284. The van der Waals surface area contributed by atoms with Crippen molar-refractivity contribution in [1.29, 1.82) is 0 Å². The second-order valence-corrected chi connectivity index (χ2v) is 4.80. The molecule has 21 heavy (non-hydrogen) atoms. The third-order valence-electron chi connectivity index (χ3n) is 3.47. The van der Waals surface area contributed by atoms with E-state index in [0.717, 1.165) is 22.3 Å². The number of anilines is 1. The monoisotopic (exact) mass is 278 g/mol. The van der Waals surface area contributed by atoms with E-state index in [1.165, 1.54) is 12.1 Å². The van der Waals surface area contributed by atoms with Crippen LogP contribution in [0.25, 0.3) is 27.9 Å². The first-order valence-electron chi connectivity index (χ1n) is 6.51. The zero-order valence-electron chi connectivity index (χ0n) is 11.0. The van der Waals surface area contributed by atoms with E-state index in [2.05, 4.69) is 9.97 Å². The first-order chi connectivity index (χ1) is 10.2. The highest BCUT2D eigenvalue weighted by Gasteiger charge is 2.13. The Morgan fingerprint density at radius 1 is 1.05 bits per heavy atom. The molecule has 2 aromatic heterocycles. The maximum atomic E-state index is 13.5. The molecule has 102 valence electrons. The molecule has 0 saturated carbocycles. The molecular formula is C16H11FN4. The van der Waals surface area contributed by atoms with Crippen LogP contribution in [0.2, 0.25) is 0 Å². The molecule has 0 fully saturated rings. The highest BCUT2D eigenvalue weighted by molar-refractivity contribution is 5.85. The van der Waals surface area contributed by atoms with Gasteiger partial charge in [0.2, 0.25) is 0 Å². The Morgan fingerprint density at radius 3 is 2.76 bits per heavy atom. The summed E-state index contributed by atoms with van der Waals surface area (Å²) in [6.07, 6.45) is 1.69. The fraction of sp³-hybridized carbons (Fsp3) is 0. The van der Waals surface area contributed by atoms with Crippen LogP contribution >= 0.6 is 0 Å². The summed E-state index contributed by atoms with van der Waals surface area (Å²) in [5, 5.41) is 0. The molecule has 2 aromatic carbocycles. The van der Waals surface area contributed by atoms with Crippen molar-refractivity contribution in [2.24, 2.45) is 0 Å². The van der Waals surface area contributed by atoms with Gasteiger partial charge in [-0.2, -0.15) is 0 Å². The van der Waals surface area contributed by atoms with Crippen molar-refractivity contribution in [2.45, 2.75) is 0 Å². The Labute approximate surface area is 119 Å². The minimum atomic E-state index is -0.284.